The lowest BCUT2D eigenvalue weighted by Gasteiger charge is -2.26. The molecule has 202 valence electrons. The summed E-state index contributed by atoms with van der Waals surface area (Å²) in [5.74, 6) is -1.17. The number of thiophene rings is 1. The van der Waals surface area contributed by atoms with Gasteiger partial charge in [-0.2, -0.15) is 15.6 Å². The number of sulfonamides is 1. The summed E-state index contributed by atoms with van der Waals surface area (Å²) in [6, 6.07) is 18.2. The Balaban J connectivity index is 1.41. The highest BCUT2D eigenvalue weighted by atomic mass is 35.5. The second-order valence-corrected chi connectivity index (χ2v) is 12.1. The van der Waals surface area contributed by atoms with Crippen molar-refractivity contribution >= 4 is 44.6 Å². The summed E-state index contributed by atoms with van der Waals surface area (Å²) in [6.07, 6.45) is 0. The number of morpholine rings is 1. The number of halogens is 1. The number of benzene rings is 3. The summed E-state index contributed by atoms with van der Waals surface area (Å²) < 4.78 is 32.5. The summed E-state index contributed by atoms with van der Waals surface area (Å²) in [5, 5.41) is 23.9. The van der Waals surface area contributed by atoms with Gasteiger partial charge in [-0.05, 0) is 63.8 Å². The quantitative estimate of drug-likeness (QED) is 0.303. The van der Waals surface area contributed by atoms with E-state index in [0.29, 0.717) is 32.0 Å². The predicted molar refractivity (Wildman–Crippen MR) is 151 cm³/mol. The Hall–Kier alpha value is -3.41. The van der Waals surface area contributed by atoms with Gasteiger partial charge in [0.1, 0.15) is 11.5 Å². The Morgan fingerprint density at radius 1 is 0.949 bits per heavy atom. The molecule has 4 aromatic rings. The van der Waals surface area contributed by atoms with Gasteiger partial charge in [0.15, 0.2) is 0 Å². The molecule has 11 heteroatoms. The molecule has 8 nitrogen and oxygen atoms in total. The number of rotatable bonds is 7. The van der Waals surface area contributed by atoms with E-state index < -0.39 is 15.9 Å². The number of ether oxygens (including phenoxy) is 1. The lowest BCUT2D eigenvalue weighted by Crippen LogP contribution is -2.40. The SMILES string of the molecule is O=C(c1cc(Cl)c(O)cc1O)N(Cc1ccsc1)c1ccc(-c2ccc(S(=O)(=O)N3CCOCC3)cc2)cc1. The van der Waals surface area contributed by atoms with Crippen LogP contribution in [0, 0.1) is 0 Å². The summed E-state index contributed by atoms with van der Waals surface area (Å²) >= 11 is 7.53. The molecule has 0 unspecified atom stereocenters. The topological polar surface area (TPSA) is 107 Å². The van der Waals surface area contributed by atoms with E-state index in [0.717, 1.165) is 22.8 Å². The molecule has 1 fully saturated rings. The van der Waals surface area contributed by atoms with Gasteiger partial charge < -0.3 is 19.8 Å². The molecule has 0 aliphatic carbocycles. The van der Waals surface area contributed by atoms with Crippen LogP contribution in [0.2, 0.25) is 5.02 Å². The summed E-state index contributed by atoms with van der Waals surface area (Å²) in [5.41, 5.74) is 3.13. The zero-order valence-corrected chi connectivity index (χ0v) is 23.0. The average molecular weight is 585 g/mol. The van der Waals surface area contributed by atoms with Crippen LogP contribution in [0.25, 0.3) is 11.1 Å². The molecule has 0 atom stereocenters. The highest BCUT2D eigenvalue weighted by Crippen LogP contribution is 2.34. The maximum Gasteiger partial charge on any atom is 0.262 e. The second kappa shape index (κ2) is 11.4. The number of carbonyl (C=O) groups excluding carboxylic acids is 1. The van der Waals surface area contributed by atoms with Gasteiger partial charge in [-0.15, -0.1) is 0 Å². The minimum atomic E-state index is -3.58. The Labute approximate surface area is 235 Å². The lowest BCUT2D eigenvalue weighted by molar-refractivity contribution is 0.0730. The fourth-order valence-electron chi connectivity index (χ4n) is 4.30. The molecule has 1 saturated heterocycles. The maximum absolute atomic E-state index is 13.5. The van der Waals surface area contributed by atoms with Gasteiger partial charge >= 0.3 is 0 Å². The minimum absolute atomic E-state index is 0.0332. The van der Waals surface area contributed by atoms with Crippen LogP contribution in [0.4, 0.5) is 5.69 Å². The van der Waals surface area contributed by atoms with E-state index in [1.165, 1.54) is 26.6 Å². The van der Waals surface area contributed by atoms with Crippen LogP contribution in [0.1, 0.15) is 15.9 Å². The zero-order valence-electron chi connectivity index (χ0n) is 20.7. The summed E-state index contributed by atoms with van der Waals surface area (Å²) in [6.45, 7) is 1.69. The van der Waals surface area contributed by atoms with Crippen molar-refractivity contribution in [1.82, 2.24) is 4.31 Å². The number of anilines is 1. The number of hydrogen-bond donors (Lipinski definition) is 2. The van der Waals surface area contributed by atoms with Crippen molar-refractivity contribution in [3.8, 4) is 22.6 Å². The van der Waals surface area contributed by atoms with Crippen molar-refractivity contribution in [2.24, 2.45) is 0 Å². The van der Waals surface area contributed by atoms with Crippen molar-refractivity contribution in [1.29, 1.82) is 0 Å². The number of aromatic hydroxyl groups is 2. The summed E-state index contributed by atoms with van der Waals surface area (Å²) in [4.78, 5) is 15.3. The number of phenols is 2. The highest BCUT2D eigenvalue weighted by molar-refractivity contribution is 7.89. The van der Waals surface area contributed by atoms with Gasteiger partial charge in [0.25, 0.3) is 5.91 Å². The van der Waals surface area contributed by atoms with Crippen LogP contribution >= 0.6 is 22.9 Å². The molecule has 39 heavy (non-hydrogen) atoms. The second-order valence-electron chi connectivity index (χ2n) is 8.93. The first-order valence-corrected chi connectivity index (χ1v) is 14.8. The molecule has 2 heterocycles. The Morgan fingerprint density at radius 2 is 1.59 bits per heavy atom. The maximum atomic E-state index is 13.5. The third-order valence-corrected chi connectivity index (χ3v) is 9.38. The van der Waals surface area contributed by atoms with Gasteiger partial charge in [-0.25, -0.2) is 8.42 Å². The number of amides is 1. The number of carbonyl (C=O) groups is 1. The zero-order chi connectivity index (χ0) is 27.6. The molecule has 1 aliphatic heterocycles. The van der Waals surface area contributed by atoms with Crippen LogP contribution in [-0.4, -0.2) is 55.1 Å². The largest absolute Gasteiger partial charge is 0.507 e. The van der Waals surface area contributed by atoms with Crippen molar-refractivity contribution in [2.75, 3.05) is 31.2 Å². The van der Waals surface area contributed by atoms with E-state index in [2.05, 4.69) is 0 Å². The van der Waals surface area contributed by atoms with Gasteiger partial charge in [0, 0.05) is 24.8 Å². The number of nitrogens with zero attached hydrogens (tertiary/aromatic N) is 2. The van der Waals surface area contributed by atoms with E-state index in [-0.39, 0.29) is 33.5 Å². The smallest absolute Gasteiger partial charge is 0.262 e. The Morgan fingerprint density at radius 3 is 2.21 bits per heavy atom. The molecular weight excluding hydrogens is 560 g/mol. The monoisotopic (exact) mass is 584 g/mol. The van der Waals surface area contributed by atoms with E-state index in [9.17, 15) is 23.4 Å². The van der Waals surface area contributed by atoms with Crippen LogP contribution in [-0.2, 0) is 21.3 Å². The molecule has 0 bridgehead atoms. The molecule has 0 saturated carbocycles. The first-order chi connectivity index (χ1) is 18.7. The number of hydrogen-bond acceptors (Lipinski definition) is 7. The molecule has 5 rings (SSSR count). The molecule has 1 aliphatic rings. The Kier molecular flexibility index (Phi) is 7.92. The molecule has 3 aromatic carbocycles. The number of phenolic OH excluding ortho intramolecular Hbond substituents is 2. The normalized spacial score (nSPS) is 14.3. The van der Waals surface area contributed by atoms with Gasteiger partial charge in [0.05, 0.1) is 35.2 Å². The first-order valence-electron chi connectivity index (χ1n) is 12.1. The van der Waals surface area contributed by atoms with E-state index >= 15 is 0 Å². The highest BCUT2D eigenvalue weighted by Gasteiger charge is 2.26. The van der Waals surface area contributed by atoms with Gasteiger partial charge in [-0.1, -0.05) is 35.9 Å². The lowest BCUT2D eigenvalue weighted by atomic mass is 10.0. The first kappa shape index (κ1) is 27.2. The van der Waals surface area contributed by atoms with E-state index in [1.807, 2.05) is 29.0 Å². The third-order valence-electron chi connectivity index (χ3n) is 6.44. The molecule has 0 spiro atoms. The fraction of sp³-hybridized carbons (Fsp3) is 0.179. The molecule has 1 amide bonds. The standard InChI is InChI=1S/C28H25ClN2O6S2/c29-25-15-24(26(32)16-27(25)33)28(34)31(17-19-9-14-38-18-19)22-5-1-20(2-6-22)21-3-7-23(8-4-21)39(35,36)30-10-12-37-13-11-30/h1-9,14-16,18,32-33H,10-13,17H2. The molecular formula is C28H25ClN2O6S2. The van der Waals surface area contributed by atoms with Crippen LogP contribution in [0.15, 0.2) is 82.4 Å². The molecule has 2 N–H and O–H groups in total. The van der Waals surface area contributed by atoms with E-state index in [4.69, 9.17) is 16.3 Å². The molecule has 0 radical (unpaired) electrons. The predicted octanol–water partition coefficient (Wildman–Crippen LogP) is 5.35. The fourth-order valence-corrected chi connectivity index (χ4v) is 6.53. The van der Waals surface area contributed by atoms with E-state index in [1.54, 1.807) is 36.4 Å². The van der Waals surface area contributed by atoms with Crippen LogP contribution in [0.5, 0.6) is 11.5 Å². The average Bonchev–Trinajstić information content (AvgIpc) is 3.47. The van der Waals surface area contributed by atoms with Crippen molar-refractivity contribution in [3.63, 3.8) is 0 Å². The van der Waals surface area contributed by atoms with Crippen LogP contribution in [0.3, 0.4) is 0 Å². The minimum Gasteiger partial charge on any atom is -0.507 e. The van der Waals surface area contributed by atoms with Crippen molar-refractivity contribution in [3.05, 3.63) is 93.6 Å². The summed E-state index contributed by atoms with van der Waals surface area (Å²) in [7, 11) is -3.58. The van der Waals surface area contributed by atoms with Gasteiger partial charge in [0.2, 0.25) is 10.0 Å². The van der Waals surface area contributed by atoms with Crippen LogP contribution < -0.4 is 4.90 Å². The third kappa shape index (κ3) is 5.80. The van der Waals surface area contributed by atoms with Crippen molar-refractivity contribution in [2.45, 2.75) is 11.4 Å². The Bertz CT molecular complexity index is 1570. The van der Waals surface area contributed by atoms with Crippen molar-refractivity contribution < 1.29 is 28.2 Å². The van der Waals surface area contributed by atoms with Gasteiger partial charge in [-0.3, -0.25) is 4.79 Å². The molecule has 1 aromatic heterocycles.